The first-order valence-corrected chi connectivity index (χ1v) is 14.1. The van der Waals surface area contributed by atoms with E-state index in [4.69, 9.17) is 9.47 Å². The van der Waals surface area contributed by atoms with Crippen LogP contribution in [-0.2, 0) is 19.1 Å². The molecular formula is C30H39N3O9. The number of hydrogen-bond donors (Lipinski definition) is 5. The molecule has 3 rings (SSSR count). The highest BCUT2D eigenvalue weighted by molar-refractivity contribution is 5.94. The average Bonchev–Trinajstić information content (AvgIpc) is 3.00. The summed E-state index contributed by atoms with van der Waals surface area (Å²) in [5.74, 6) is -4.77. The lowest BCUT2D eigenvalue weighted by molar-refractivity contribution is -0.301. The molecule has 5 N–H and O–H groups in total. The molecule has 1 aliphatic heterocycles. The molecule has 0 saturated carbocycles. The van der Waals surface area contributed by atoms with Crippen molar-refractivity contribution in [3.05, 3.63) is 65.1 Å². The van der Waals surface area contributed by atoms with Gasteiger partial charge in [0.25, 0.3) is 11.7 Å². The molecule has 3 amide bonds. The molecule has 1 fully saturated rings. The Morgan fingerprint density at radius 2 is 1.71 bits per heavy atom. The number of hydrogen-bond acceptors (Lipinski definition) is 9. The fraction of sp³-hybridized carbons (Fsp3) is 0.500. The zero-order chi connectivity index (χ0) is 30.7. The van der Waals surface area contributed by atoms with Gasteiger partial charge in [-0.15, -0.1) is 4.91 Å². The fourth-order valence-corrected chi connectivity index (χ4v) is 4.87. The van der Waals surface area contributed by atoms with Crippen LogP contribution in [-0.4, -0.2) is 82.4 Å². The Balaban J connectivity index is 1.72. The molecule has 0 radical (unpaired) electrons. The minimum absolute atomic E-state index is 0.00325. The topological polar surface area (TPSA) is 184 Å². The summed E-state index contributed by atoms with van der Waals surface area (Å²) in [6, 6.07) is 15.1. The summed E-state index contributed by atoms with van der Waals surface area (Å²) in [6.07, 6.45) is -3.95. The van der Waals surface area contributed by atoms with Crippen LogP contribution in [0, 0.1) is 4.91 Å². The summed E-state index contributed by atoms with van der Waals surface area (Å²) in [4.78, 5) is 48.4. The van der Waals surface area contributed by atoms with Gasteiger partial charge in [-0.25, -0.2) is 0 Å². The van der Waals surface area contributed by atoms with Crippen LogP contribution < -0.4 is 10.6 Å². The SMILES string of the molecule is CCCCCCOC1(C(=O)N=O)CC(O)C(NC(C)=O)C(C(O)C(O)CNC(=O)c2ccc(-c3ccccc3)cc2)O1. The van der Waals surface area contributed by atoms with Gasteiger partial charge in [-0.1, -0.05) is 68.7 Å². The molecule has 0 bridgehead atoms. The van der Waals surface area contributed by atoms with Crippen molar-refractivity contribution in [1.29, 1.82) is 0 Å². The van der Waals surface area contributed by atoms with Crippen molar-refractivity contribution in [2.45, 2.75) is 82.2 Å². The number of ether oxygens (including phenoxy) is 2. The molecular weight excluding hydrogens is 546 g/mol. The number of nitroso groups, excluding NO2 is 1. The molecule has 0 aliphatic carbocycles. The standard InChI is InChI=1S/C30H39N3O9/c1-3-4-5-9-16-41-30(29(39)33-40)17-23(35)25(32-19(2)34)27(42-30)26(37)24(36)18-31-28(38)22-14-12-21(13-15-22)20-10-7-6-8-11-20/h6-8,10-15,23-27,35-37H,3-5,9,16-18H2,1-2H3,(H,31,38)(H,32,34). The van der Waals surface area contributed by atoms with Gasteiger partial charge in [0, 0.05) is 30.6 Å². The van der Waals surface area contributed by atoms with E-state index < -0.39 is 66.9 Å². The lowest BCUT2D eigenvalue weighted by Crippen LogP contribution is -2.68. The lowest BCUT2D eigenvalue weighted by atomic mass is 9.88. The summed E-state index contributed by atoms with van der Waals surface area (Å²) in [5, 5.41) is 40.1. The normalized spacial score (nSPS) is 23.4. The van der Waals surface area contributed by atoms with Crippen LogP contribution in [0.25, 0.3) is 11.1 Å². The second-order valence-electron chi connectivity index (χ2n) is 10.4. The van der Waals surface area contributed by atoms with Gasteiger partial charge in [0.1, 0.15) is 12.2 Å². The smallest absolute Gasteiger partial charge is 0.345 e. The molecule has 2 aromatic carbocycles. The number of nitrogens with one attached hydrogen (secondary N) is 2. The van der Waals surface area contributed by atoms with Gasteiger partial charge < -0.3 is 35.4 Å². The molecule has 1 aliphatic rings. The predicted octanol–water partition coefficient (Wildman–Crippen LogP) is 2.05. The summed E-state index contributed by atoms with van der Waals surface area (Å²) in [5.41, 5.74) is 2.21. The van der Waals surface area contributed by atoms with Gasteiger partial charge in [-0.3, -0.25) is 14.4 Å². The van der Waals surface area contributed by atoms with Crippen LogP contribution in [0.1, 0.15) is 56.3 Å². The number of aliphatic hydroxyl groups is 3. The van der Waals surface area contributed by atoms with Gasteiger partial charge in [-0.2, -0.15) is 0 Å². The van der Waals surface area contributed by atoms with Gasteiger partial charge in [0.05, 0.1) is 24.9 Å². The van der Waals surface area contributed by atoms with Gasteiger partial charge in [-0.05, 0) is 29.7 Å². The Labute approximate surface area is 244 Å². The Bertz CT molecular complexity index is 1190. The van der Waals surface area contributed by atoms with Crippen molar-refractivity contribution in [2.24, 2.45) is 5.18 Å². The first-order chi connectivity index (χ1) is 20.1. The highest BCUT2D eigenvalue weighted by Crippen LogP contribution is 2.34. The molecule has 0 aromatic heterocycles. The molecule has 228 valence electrons. The number of unbranched alkanes of at least 4 members (excludes halogenated alkanes) is 3. The van der Waals surface area contributed by atoms with Crippen molar-refractivity contribution in [2.75, 3.05) is 13.2 Å². The quantitative estimate of drug-likeness (QED) is 0.164. The largest absolute Gasteiger partial charge is 0.391 e. The minimum Gasteiger partial charge on any atom is -0.391 e. The van der Waals surface area contributed by atoms with Crippen molar-refractivity contribution < 1.29 is 39.2 Å². The molecule has 6 atom stereocenters. The first-order valence-electron chi connectivity index (χ1n) is 14.1. The van der Waals surface area contributed by atoms with Crippen LogP contribution >= 0.6 is 0 Å². The molecule has 0 spiro atoms. The van der Waals surface area contributed by atoms with E-state index >= 15 is 0 Å². The number of benzene rings is 2. The first kappa shape index (κ1) is 33.0. The van der Waals surface area contributed by atoms with Crippen LogP contribution in [0.2, 0.25) is 0 Å². The van der Waals surface area contributed by atoms with Gasteiger partial charge >= 0.3 is 5.91 Å². The van der Waals surface area contributed by atoms with Crippen molar-refractivity contribution in [1.82, 2.24) is 10.6 Å². The zero-order valence-corrected chi connectivity index (χ0v) is 23.8. The Morgan fingerprint density at radius 3 is 2.33 bits per heavy atom. The second-order valence-corrected chi connectivity index (χ2v) is 10.4. The highest BCUT2D eigenvalue weighted by atomic mass is 16.7. The third-order valence-electron chi connectivity index (χ3n) is 7.14. The van der Waals surface area contributed by atoms with Crippen LogP contribution in [0.15, 0.2) is 59.8 Å². The number of aliphatic hydroxyl groups excluding tert-OH is 3. The third kappa shape index (κ3) is 8.49. The van der Waals surface area contributed by atoms with E-state index in [1.807, 2.05) is 37.3 Å². The van der Waals surface area contributed by atoms with Crippen LogP contribution in [0.3, 0.4) is 0 Å². The monoisotopic (exact) mass is 585 g/mol. The molecule has 6 unspecified atom stereocenters. The predicted molar refractivity (Wildman–Crippen MR) is 153 cm³/mol. The molecule has 12 heteroatoms. The average molecular weight is 586 g/mol. The number of carbonyl (C=O) groups excluding carboxylic acids is 3. The molecule has 1 heterocycles. The van der Waals surface area contributed by atoms with Crippen molar-refractivity contribution in [3.8, 4) is 11.1 Å². The van der Waals surface area contributed by atoms with E-state index in [0.29, 0.717) is 12.0 Å². The van der Waals surface area contributed by atoms with Crippen molar-refractivity contribution >= 4 is 17.7 Å². The number of rotatable bonds is 14. The fourth-order valence-electron chi connectivity index (χ4n) is 4.87. The zero-order valence-electron chi connectivity index (χ0n) is 23.8. The summed E-state index contributed by atoms with van der Waals surface area (Å²) < 4.78 is 11.4. The maximum Gasteiger partial charge on any atom is 0.345 e. The van der Waals surface area contributed by atoms with Crippen LogP contribution in [0.4, 0.5) is 0 Å². The molecule has 2 aromatic rings. The maximum atomic E-state index is 12.7. The van der Waals surface area contributed by atoms with E-state index in [1.54, 1.807) is 24.3 Å². The van der Waals surface area contributed by atoms with E-state index in [-0.39, 0.29) is 6.61 Å². The Morgan fingerprint density at radius 1 is 1.05 bits per heavy atom. The Kier molecular flexibility index (Phi) is 12.3. The molecule has 42 heavy (non-hydrogen) atoms. The Hall–Kier alpha value is -3.55. The van der Waals surface area contributed by atoms with E-state index in [1.165, 1.54) is 6.92 Å². The minimum atomic E-state index is -2.32. The molecule has 12 nitrogen and oxygen atoms in total. The van der Waals surface area contributed by atoms with Crippen LogP contribution in [0.5, 0.6) is 0 Å². The summed E-state index contributed by atoms with van der Waals surface area (Å²) >= 11 is 0. The molecule has 1 saturated heterocycles. The second kappa shape index (κ2) is 15.6. The highest BCUT2D eigenvalue weighted by Gasteiger charge is 2.56. The lowest BCUT2D eigenvalue weighted by Gasteiger charge is -2.46. The number of nitrogens with zero attached hydrogens (tertiary/aromatic N) is 1. The van der Waals surface area contributed by atoms with E-state index in [2.05, 4.69) is 15.8 Å². The third-order valence-corrected chi connectivity index (χ3v) is 7.14. The van der Waals surface area contributed by atoms with Crippen molar-refractivity contribution in [3.63, 3.8) is 0 Å². The number of amides is 3. The van der Waals surface area contributed by atoms with E-state index in [0.717, 1.165) is 30.4 Å². The number of carbonyl (C=O) groups is 3. The summed E-state index contributed by atoms with van der Waals surface area (Å²) in [7, 11) is 0. The van der Waals surface area contributed by atoms with E-state index in [9.17, 15) is 34.6 Å². The van der Waals surface area contributed by atoms with Gasteiger partial charge in [0.2, 0.25) is 5.91 Å². The maximum absolute atomic E-state index is 12.7. The summed E-state index contributed by atoms with van der Waals surface area (Å²) in [6.45, 7) is 2.77. The van der Waals surface area contributed by atoms with Gasteiger partial charge in [0.15, 0.2) is 0 Å².